The number of hydrogen-bond donors (Lipinski definition) is 1. The Morgan fingerprint density at radius 2 is 1.56 bits per heavy atom. The van der Waals surface area contributed by atoms with Crippen molar-refractivity contribution in [3.05, 3.63) is 64.7 Å². The molecule has 2 aromatic rings. The van der Waals surface area contributed by atoms with Crippen molar-refractivity contribution in [2.45, 2.75) is 5.38 Å². The summed E-state index contributed by atoms with van der Waals surface area (Å²) in [7, 11) is 0. The lowest BCUT2D eigenvalue weighted by atomic mass is 10.0. The number of hydrogen-bond acceptors (Lipinski definition) is 2. The normalized spacial score (nSPS) is 12.1. The lowest BCUT2D eigenvalue weighted by molar-refractivity contribution is 0.0987. The number of benzene rings is 2. The van der Waals surface area contributed by atoms with Gasteiger partial charge in [0.2, 0.25) is 0 Å². The van der Waals surface area contributed by atoms with Crippen LogP contribution in [0.5, 0.6) is 5.75 Å². The monoisotopic (exact) mass is 280 g/mol. The molecule has 0 bridgehead atoms. The highest BCUT2D eigenvalue weighted by Gasteiger charge is 2.19. The first-order valence-corrected chi connectivity index (χ1v) is 6.12. The molecule has 0 aliphatic heterocycles. The molecule has 0 aliphatic carbocycles. The van der Waals surface area contributed by atoms with Crippen LogP contribution in [-0.4, -0.2) is 10.9 Å². The van der Waals surface area contributed by atoms with E-state index in [1.165, 1.54) is 12.1 Å². The minimum Gasteiger partial charge on any atom is -0.508 e. The lowest BCUT2D eigenvalue weighted by Crippen LogP contribution is -2.07. The van der Waals surface area contributed by atoms with Gasteiger partial charge in [-0.15, -0.1) is 11.6 Å². The zero-order valence-electron chi connectivity index (χ0n) is 9.31. The average Bonchev–Trinajstić information content (AvgIpc) is 2.39. The maximum Gasteiger partial charge on any atom is 0.185 e. The summed E-state index contributed by atoms with van der Waals surface area (Å²) in [5.41, 5.74) is 1.15. The van der Waals surface area contributed by atoms with Crippen LogP contribution in [-0.2, 0) is 0 Å². The van der Waals surface area contributed by atoms with Gasteiger partial charge >= 0.3 is 0 Å². The van der Waals surface area contributed by atoms with Gasteiger partial charge in [-0.25, -0.2) is 0 Å². The first-order valence-electron chi connectivity index (χ1n) is 5.31. The Kier molecular flexibility index (Phi) is 3.90. The quantitative estimate of drug-likeness (QED) is 0.676. The molecule has 0 heterocycles. The van der Waals surface area contributed by atoms with Crippen LogP contribution in [0.3, 0.4) is 0 Å². The molecule has 18 heavy (non-hydrogen) atoms. The maximum atomic E-state index is 12.1. The highest BCUT2D eigenvalue weighted by molar-refractivity contribution is 6.34. The molecular weight excluding hydrogens is 271 g/mol. The van der Waals surface area contributed by atoms with Gasteiger partial charge in [-0.3, -0.25) is 4.79 Å². The topological polar surface area (TPSA) is 37.3 Å². The SMILES string of the molecule is O=C(c1ccc(O)cc1)C(Cl)c1ccc(Cl)cc1. The summed E-state index contributed by atoms with van der Waals surface area (Å²) in [5.74, 6) is -0.0943. The second kappa shape index (κ2) is 5.42. The van der Waals surface area contributed by atoms with E-state index in [1.54, 1.807) is 36.4 Å². The Bertz CT molecular complexity index is 547. The number of carbonyl (C=O) groups is 1. The van der Waals surface area contributed by atoms with Crippen LogP contribution in [0, 0.1) is 0 Å². The highest BCUT2D eigenvalue weighted by Crippen LogP contribution is 2.26. The molecule has 0 radical (unpaired) electrons. The van der Waals surface area contributed by atoms with Gasteiger partial charge in [0.25, 0.3) is 0 Å². The number of phenols is 1. The minimum absolute atomic E-state index is 0.115. The van der Waals surface area contributed by atoms with E-state index in [2.05, 4.69) is 0 Å². The molecule has 0 fully saturated rings. The number of phenolic OH excluding ortho intramolecular Hbond substituents is 1. The summed E-state index contributed by atoms with van der Waals surface area (Å²) in [6.07, 6.45) is 0. The fourth-order valence-electron chi connectivity index (χ4n) is 1.56. The van der Waals surface area contributed by atoms with Crippen LogP contribution in [0.2, 0.25) is 5.02 Å². The number of carbonyl (C=O) groups excluding carboxylic acids is 1. The fourth-order valence-corrected chi connectivity index (χ4v) is 1.95. The van der Waals surface area contributed by atoms with Gasteiger partial charge in [0, 0.05) is 10.6 Å². The summed E-state index contributed by atoms with van der Waals surface area (Å²) >= 11 is 11.9. The van der Waals surface area contributed by atoms with Gasteiger partial charge in [-0.2, -0.15) is 0 Å². The van der Waals surface area contributed by atoms with Crippen LogP contribution in [0.25, 0.3) is 0 Å². The van der Waals surface area contributed by atoms with Crippen molar-refractivity contribution in [2.75, 3.05) is 0 Å². The predicted octanol–water partition coefficient (Wildman–Crippen LogP) is 4.21. The number of rotatable bonds is 3. The molecule has 4 heteroatoms. The molecule has 0 aliphatic rings. The van der Waals surface area contributed by atoms with Crippen molar-refractivity contribution >= 4 is 29.0 Å². The van der Waals surface area contributed by atoms with E-state index in [0.29, 0.717) is 16.1 Å². The van der Waals surface area contributed by atoms with Crippen molar-refractivity contribution < 1.29 is 9.90 Å². The summed E-state index contributed by atoms with van der Waals surface area (Å²) < 4.78 is 0. The van der Waals surface area contributed by atoms with E-state index in [1.807, 2.05) is 0 Å². The smallest absolute Gasteiger partial charge is 0.185 e. The summed E-state index contributed by atoms with van der Waals surface area (Å²) in [6, 6.07) is 12.8. The molecule has 92 valence electrons. The molecule has 0 saturated heterocycles. The molecule has 2 rings (SSSR count). The number of aromatic hydroxyl groups is 1. The lowest BCUT2D eigenvalue weighted by Gasteiger charge is -2.09. The van der Waals surface area contributed by atoms with E-state index in [0.717, 1.165) is 0 Å². The number of ketones is 1. The summed E-state index contributed by atoms with van der Waals surface area (Å²) in [5, 5.41) is 9.01. The van der Waals surface area contributed by atoms with Crippen LogP contribution in [0.15, 0.2) is 48.5 Å². The highest BCUT2D eigenvalue weighted by atomic mass is 35.5. The third-order valence-electron chi connectivity index (χ3n) is 2.54. The Hall–Kier alpha value is -1.51. The van der Waals surface area contributed by atoms with Crippen molar-refractivity contribution in [3.8, 4) is 5.75 Å². The van der Waals surface area contributed by atoms with E-state index in [-0.39, 0.29) is 11.5 Å². The molecule has 2 nitrogen and oxygen atoms in total. The van der Waals surface area contributed by atoms with E-state index in [9.17, 15) is 4.79 Å². The Morgan fingerprint density at radius 1 is 1.00 bits per heavy atom. The molecule has 1 unspecified atom stereocenters. The first-order chi connectivity index (χ1) is 8.58. The molecule has 0 amide bonds. The molecular formula is C14H10Cl2O2. The molecule has 0 spiro atoms. The van der Waals surface area contributed by atoms with E-state index >= 15 is 0 Å². The molecule has 0 saturated carbocycles. The number of alkyl halides is 1. The fraction of sp³-hybridized carbons (Fsp3) is 0.0714. The van der Waals surface area contributed by atoms with Crippen molar-refractivity contribution in [1.82, 2.24) is 0 Å². The van der Waals surface area contributed by atoms with Gasteiger partial charge in [-0.05, 0) is 42.0 Å². The van der Waals surface area contributed by atoms with Crippen molar-refractivity contribution in [1.29, 1.82) is 0 Å². The first kappa shape index (κ1) is 12.9. The van der Waals surface area contributed by atoms with Crippen LogP contribution >= 0.6 is 23.2 Å². The largest absolute Gasteiger partial charge is 0.508 e. The zero-order valence-corrected chi connectivity index (χ0v) is 10.8. The van der Waals surface area contributed by atoms with Gasteiger partial charge < -0.3 is 5.11 Å². The van der Waals surface area contributed by atoms with Crippen molar-refractivity contribution in [3.63, 3.8) is 0 Å². The summed E-state index contributed by atoms with van der Waals surface area (Å²) in [6.45, 7) is 0. The third kappa shape index (κ3) is 2.84. The van der Waals surface area contributed by atoms with Gasteiger partial charge in [-0.1, -0.05) is 23.7 Å². The van der Waals surface area contributed by atoms with E-state index < -0.39 is 5.38 Å². The zero-order chi connectivity index (χ0) is 13.1. The minimum atomic E-state index is -0.758. The van der Waals surface area contributed by atoms with Gasteiger partial charge in [0.1, 0.15) is 11.1 Å². The van der Waals surface area contributed by atoms with Gasteiger partial charge in [0.05, 0.1) is 0 Å². The summed E-state index contributed by atoms with van der Waals surface area (Å²) in [4.78, 5) is 12.1. The maximum absolute atomic E-state index is 12.1. The molecule has 1 N–H and O–H groups in total. The van der Waals surface area contributed by atoms with Crippen LogP contribution in [0.1, 0.15) is 21.3 Å². The second-order valence-electron chi connectivity index (χ2n) is 3.83. The second-order valence-corrected chi connectivity index (χ2v) is 4.70. The number of halogens is 2. The van der Waals surface area contributed by atoms with Crippen molar-refractivity contribution in [2.24, 2.45) is 0 Å². The Labute approximate surface area is 115 Å². The molecule has 2 aromatic carbocycles. The van der Waals surface area contributed by atoms with Crippen LogP contribution < -0.4 is 0 Å². The molecule has 0 aromatic heterocycles. The molecule has 1 atom stereocenters. The standard InChI is InChI=1S/C14H10Cl2O2/c15-11-5-1-9(2-6-11)13(16)14(18)10-3-7-12(17)8-4-10/h1-8,13,17H. The predicted molar refractivity (Wildman–Crippen MR) is 72.5 cm³/mol. The van der Waals surface area contributed by atoms with Gasteiger partial charge in [0.15, 0.2) is 5.78 Å². The Morgan fingerprint density at radius 3 is 2.11 bits per heavy atom. The Balaban J connectivity index is 2.23. The van der Waals surface area contributed by atoms with E-state index in [4.69, 9.17) is 28.3 Å². The number of Topliss-reactive ketones (excluding diaryl/α,β-unsaturated/α-hetero) is 1. The third-order valence-corrected chi connectivity index (χ3v) is 3.25. The average molecular weight is 281 g/mol. The van der Waals surface area contributed by atoms with Crippen LogP contribution in [0.4, 0.5) is 0 Å².